The van der Waals surface area contributed by atoms with Gasteiger partial charge in [0.1, 0.15) is 13.2 Å². The minimum atomic E-state index is -4.60. The van der Waals surface area contributed by atoms with Gasteiger partial charge in [0.2, 0.25) is 5.91 Å². The van der Waals surface area contributed by atoms with Gasteiger partial charge in [0, 0.05) is 6.42 Å². The number of phosphoric ester groups is 1. The van der Waals surface area contributed by atoms with Crippen LogP contribution in [0.3, 0.4) is 0 Å². The van der Waals surface area contributed by atoms with Crippen LogP contribution in [0.15, 0.2) is 60.8 Å². The lowest BCUT2D eigenvalue weighted by Gasteiger charge is -2.29. The molecule has 78 heavy (non-hydrogen) atoms. The molecule has 0 aliphatic heterocycles. The van der Waals surface area contributed by atoms with Crippen molar-refractivity contribution in [2.75, 3.05) is 40.9 Å². The fraction of sp³-hybridized carbons (Fsp3) is 0.841. The summed E-state index contributed by atoms with van der Waals surface area (Å²) in [5, 5.41) is 14.0. The number of likely N-dealkylation sites (N-methyl/N-ethyl adjacent to an activating group) is 1. The summed E-state index contributed by atoms with van der Waals surface area (Å²) in [6.07, 6.45) is 81.8. The molecule has 458 valence electrons. The number of nitrogens with one attached hydrogen (secondary N) is 1. The Bertz CT molecular complexity index is 1450. The number of amides is 1. The second-order valence-corrected chi connectivity index (χ2v) is 25.6. The van der Waals surface area contributed by atoms with Crippen molar-refractivity contribution in [2.24, 2.45) is 0 Å². The second kappa shape index (κ2) is 59.8. The highest BCUT2D eigenvalue weighted by Gasteiger charge is 2.23. The number of nitrogens with zero attached hydrogens (tertiary/aromatic N) is 1. The minimum Gasteiger partial charge on any atom is -0.756 e. The van der Waals surface area contributed by atoms with Crippen LogP contribution in [0.1, 0.15) is 322 Å². The molecule has 9 heteroatoms. The molecule has 0 aromatic carbocycles. The van der Waals surface area contributed by atoms with E-state index < -0.39 is 20.0 Å². The van der Waals surface area contributed by atoms with E-state index in [1.54, 1.807) is 6.08 Å². The van der Waals surface area contributed by atoms with Crippen molar-refractivity contribution in [1.82, 2.24) is 5.32 Å². The zero-order valence-electron chi connectivity index (χ0n) is 52.4. The average molecular weight is 1120 g/mol. The predicted molar refractivity (Wildman–Crippen MR) is 339 cm³/mol. The van der Waals surface area contributed by atoms with Crippen LogP contribution in [0.5, 0.6) is 0 Å². The van der Waals surface area contributed by atoms with Crippen LogP contribution in [0.25, 0.3) is 0 Å². The highest BCUT2D eigenvalue weighted by molar-refractivity contribution is 7.45. The van der Waals surface area contributed by atoms with E-state index in [0.29, 0.717) is 17.4 Å². The summed E-state index contributed by atoms with van der Waals surface area (Å²) >= 11 is 0. The quantitative estimate of drug-likeness (QED) is 0.0272. The Morgan fingerprint density at radius 2 is 0.782 bits per heavy atom. The molecule has 0 bridgehead atoms. The molecule has 0 saturated carbocycles. The van der Waals surface area contributed by atoms with Gasteiger partial charge in [0.25, 0.3) is 7.82 Å². The van der Waals surface area contributed by atoms with Crippen molar-refractivity contribution < 1.29 is 32.9 Å². The predicted octanol–water partition coefficient (Wildman–Crippen LogP) is 20.6. The molecule has 2 N–H and O–H groups in total. The van der Waals surface area contributed by atoms with Crippen molar-refractivity contribution >= 4 is 13.7 Å². The molecular formula is C69H131N2O6P. The summed E-state index contributed by atoms with van der Waals surface area (Å²) in [7, 11) is 1.27. The van der Waals surface area contributed by atoms with Gasteiger partial charge in [0.15, 0.2) is 0 Å². The molecule has 0 spiro atoms. The highest BCUT2D eigenvalue weighted by Crippen LogP contribution is 2.38. The van der Waals surface area contributed by atoms with Crippen molar-refractivity contribution in [3.8, 4) is 0 Å². The van der Waals surface area contributed by atoms with E-state index in [-0.39, 0.29) is 19.1 Å². The third kappa shape index (κ3) is 61.8. The summed E-state index contributed by atoms with van der Waals surface area (Å²) in [5.74, 6) is -0.194. The number of rotatable bonds is 62. The molecule has 0 heterocycles. The molecule has 0 aromatic heterocycles. The summed E-state index contributed by atoms with van der Waals surface area (Å²) in [6.45, 7) is 4.58. The maximum atomic E-state index is 13.0. The number of aliphatic hydroxyl groups excluding tert-OH is 1. The van der Waals surface area contributed by atoms with E-state index in [2.05, 4.69) is 67.8 Å². The Hall–Kier alpha value is -1.80. The first-order valence-electron chi connectivity index (χ1n) is 33.7. The first-order valence-corrected chi connectivity index (χ1v) is 35.1. The zero-order chi connectivity index (χ0) is 57.0. The van der Waals surface area contributed by atoms with Gasteiger partial charge in [-0.15, -0.1) is 0 Å². The van der Waals surface area contributed by atoms with Crippen LogP contribution >= 0.6 is 7.82 Å². The minimum absolute atomic E-state index is 0.00103. The normalized spacial score (nSPS) is 14.1. The third-order valence-corrected chi connectivity index (χ3v) is 16.2. The van der Waals surface area contributed by atoms with Gasteiger partial charge in [-0.1, -0.05) is 319 Å². The second-order valence-electron chi connectivity index (χ2n) is 24.2. The molecule has 3 unspecified atom stereocenters. The molecule has 0 aromatic rings. The molecule has 1 amide bonds. The zero-order valence-corrected chi connectivity index (χ0v) is 53.3. The lowest BCUT2D eigenvalue weighted by molar-refractivity contribution is -0.870. The van der Waals surface area contributed by atoms with Crippen molar-refractivity contribution in [2.45, 2.75) is 334 Å². The fourth-order valence-electron chi connectivity index (χ4n) is 10.0. The number of phosphoric acid groups is 1. The van der Waals surface area contributed by atoms with Gasteiger partial charge in [-0.25, -0.2) is 0 Å². The summed E-state index contributed by atoms with van der Waals surface area (Å²) < 4.78 is 23.5. The summed E-state index contributed by atoms with van der Waals surface area (Å²) in [6, 6.07) is -0.889. The van der Waals surface area contributed by atoms with E-state index in [4.69, 9.17) is 9.05 Å². The van der Waals surface area contributed by atoms with Crippen LogP contribution in [0.2, 0.25) is 0 Å². The fourth-order valence-corrected chi connectivity index (χ4v) is 10.8. The number of carbonyl (C=O) groups is 1. The average Bonchev–Trinajstić information content (AvgIpc) is 3.41. The molecule has 0 radical (unpaired) electrons. The van der Waals surface area contributed by atoms with Gasteiger partial charge in [0.05, 0.1) is 39.9 Å². The molecule has 0 aliphatic rings. The van der Waals surface area contributed by atoms with Gasteiger partial charge in [-0.3, -0.25) is 9.36 Å². The largest absolute Gasteiger partial charge is 0.756 e. The van der Waals surface area contributed by atoms with Crippen LogP contribution < -0.4 is 10.2 Å². The molecule has 8 nitrogen and oxygen atoms in total. The van der Waals surface area contributed by atoms with Crippen molar-refractivity contribution in [3.05, 3.63) is 60.8 Å². The van der Waals surface area contributed by atoms with Gasteiger partial charge >= 0.3 is 0 Å². The maximum Gasteiger partial charge on any atom is 0.268 e. The van der Waals surface area contributed by atoms with Crippen molar-refractivity contribution in [1.29, 1.82) is 0 Å². The summed E-state index contributed by atoms with van der Waals surface area (Å²) in [4.78, 5) is 25.6. The monoisotopic (exact) mass is 1110 g/mol. The van der Waals surface area contributed by atoms with Gasteiger partial charge in [-0.05, 0) is 57.8 Å². The molecule has 0 fully saturated rings. The summed E-state index contributed by atoms with van der Waals surface area (Å²) in [5.41, 5.74) is 0. The molecule has 0 saturated heterocycles. The Labute approximate surface area is 485 Å². The van der Waals surface area contributed by atoms with Gasteiger partial charge < -0.3 is 28.8 Å². The van der Waals surface area contributed by atoms with Crippen molar-refractivity contribution in [3.63, 3.8) is 0 Å². The lowest BCUT2D eigenvalue weighted by atomic mass is 10.0. The number of unbranched alkanes of at least 4 members (excludes halogenated alkanes) is 41. The molecule has 3 atom stereocenters. The third-order valence-electron chi connectivity index (χ3n) is 15.2. The van der Waals surface area contributed by atoms with Crippen LogP contribution in [-0.4, -0.2) is 68.5 Å². The van der Waals surface area contributed by atoms with Crippen LogP contribution in [-0.2, 0) is 18.4 Å². The number of allylic oxidation sites excluding steroid dienone is 9. The Balaban J connectivity index is 4.09. The Kier molecular flexibility index (Phi) is 58.4. The molecule has 0 aliphatic carbocycles. The standard InChI is InChI=1S/C69H131N2O6P/c1-6-8-10-12-14-16-18-20-22-24-26-28-30-32-34-35-37-39-41-43-45-47-49-51-53-55-57-59-61-63-69(73)70-67(66-77-78(74,75)76-65-64-71(3,4)5)68(72)62-60-58-56-54-52-50-48-46-44-42-40-38-36-33-31-29-27-25-23-21-19-17-15-13-11-9-7-2/h8,10,14,16,20,22,26,28,60,62,67-68,72H,6-7,9,11-13,15,17-19,21,23-25,27,29-59,61,63-66H2,1-5H3,(H-,70,73,74,75)/b10-8-,16-14-,22-20-,28-26-,62-60+. The Morgan fingerprint density at radius 1 is 0.462 bits per heavy atom. The Morgan fingerprint density at radius 3 is 1.14 bits per heavy atom. The number of quaternary nitrogens is 1. The maximum absolute atomic E-state index is 13.0. The molecular weight excluding hydrogens is 984 g/mol. The first kappa shape index (κ1) is 76.2. The van der Waals surface area contributed by atoms with E-state index in [0.717, 1.165) is 64.2 Å². The topological polar surface area (TPSA) is 108 Å². The number of aliphatic hydroxyl groups is 1. The van der Waals surface area contributed by atoms with E-state index in [9.17, 15) is 19.4 Å². The first-order chi connectivity index (χ1) is 38.0. The molecule has 0 rings (SSSR count). The number of hydrogen-bond donors (Lipinski definition) is 2. The van der Waals surface area contributed by atoms with E-state index in [1.807, 2.05) is 27.2 Å². The van der Waals surface area contributed by atoms with E-state index in [1.165, 1.54) is 238 Å². The number of carbonyl (C=O) groups excluding carboxylic acids is 1. The van der Waals surface area contributed by atoms with Crippen LogP contribution in [0, 0.1) is 0 Å². The highest BCUT2D eigenvalue weighted by atomic mass is 31.2. The van der Waals surface area contributed by atoms with Gasteiger partial charge in [-0.2, -0.15) is 0 Å². The smallest absolute Gasteiger partial charge is 0.268 e. The van der Waals surface area contributed by atoms with E-state index >= 15 is 0 Å². The lowest BCUT2D eigenvalue weighted by Crippen LogP contribution is -2.45. The van der Waals surface area contributed by atoms with Crippen LogP contribution in [0.4, 0.5) is 0 Å². The SMILES string of the molecule is CC/C=C\C/C=C\C/C=C\C/C=C\CCCCCCCCCCCCCCCCCCC(=O)NC(COP(=O)([O-])OCC[N+](C)(C)C)C(O)/C=C/CCCCCCCCCCCCCCCCCCCCCCCCCCC. The number of hydrogen-bond acceptors (Lipinski definition) is 6.